The first-order valence-corrected chi connectivity index (χ1v) is 8.45. The lowest BCUT2D eigenvalue weighted by atomic mass is 9.98. The minimum atomic E-state index is -0.214. The first-order valence-electron chi connectivity index (χ1n) is 6.58. The van der Waals surface area contributed by atoms with Crippen LogP contribution in [-0.2, 0) is 0 Å². The van der Waals surface area contributed by atoms with Gasteiger partial charge in [-0.3, -0.25) is 0 Å². The van der Waals surface area contributed by atoms with E-state index in [0.29, 0.717) is 0 Å². The smallest absolute Gasteiger partial charge is 0.133 e. The summed E-state index contributed by atoms with van der Waals surface area (Å²) in [5.74, 6) is 0.581. The van der Waals surface area contributed by atoms with Gasteiger partial charge in [-0.25, -0.2) is 4.39 Å². The third kappa shape index (κ3) is 3.96. The van der Waals surface area contributed by atoms with E-state index >= 15 is 0 Å². The predicted molar refractivity (Wildman–Crippen MR) is 95.3 cm³/mol. The zero-order valence-corrected chi connectivity index (χ0v) is 15.5. The normalized spacial score (nSPS) is 12.2. The summed E-state index contributed by atoms with van der Waals surface area (Å²) >= 11 is 5.69. The van der Waals surface area contributed by atoms with Crippen LogP contribution in [0.25, 0.3) is 0 Å². The van der Waals surface area contributed by atoms with E-state index in [4.69, 9.17) is 4.74 Å². The SMILES string of the molecule is CCNC(c1ccc(OC)c(Br)c1)c1ccc(F)cc1I. The molecule has 2 rings (SSSR count). The monoisotopic (exact) mass is 463 g/mol. The molecule has 0 fully saturated rings. The number of hydrogen-bond acceptors (Lipinski definition) is 2. The molecule has 0 saturated heterocycles. The molecule has 2 nitrogen and oxygen atoms in total. The fourth-order valence-corrected chi connectivity index (χ4v) is 3.56. The summed E-state index contributed by atoms with van der Waals surface area (Å²) in [5, 5.41) is 3.45. The van der Waals surface area contributed by atoms with Crippen LogP contribution >= 0.6 is 38.5 Å². The molecule has 0 bridgehead atoms. The minimum absolute atomic E-state index is 0.0182. The van der Waals surface area contributed by atoms with Gasteiger partial charge >= 0.3 is 0 Å². The van der Waals surface area contributed by atoms with Crippen LogP contribution in [0.2, 0.25) is 0 Å². The molecule has 21 heavy (non-hydrogen) atoms. The fraction of sp³-hybridized carbons (Fsp3) is 0.250. The molecule has 2 aromatic carbocycles. The highest BCUT2D eigenvalue weighted by Crippen LogP contribution is 2.32. The van der Waals surface area contributed by atoms with Crippen molar-refractivity contribution < 1.29 is 9.13 Å². The van der Waals surface area contributed by atoms with Crippen LogP contribution in [0.1, 0.15) is 24.1 Å². The number of ether oxygens (including phenoxy) is 1. The lowest BCUT2D eigenvalue weighted by molar-refractivity contribution is 0.412. The van der Waals surface area contributed by atoms with Crippen LogP contribution in [0.15, 0.2) is 40.9 Å². The lowest BCUT2D eigenvalue weighted by Gasteiger charge is -2.21. The van der Waals surface area contributed by atoms with E-state index in [2.05, 4.69) is 50.8 Å². The first kappa shape index (κ1) is 16.7. The molecule has 0 spiro atoms. The largest absolute Gasteiger partial charge is 0.496 e. The maximum absolute atomic E-state index is 13.3. The van der Waals surface area contributed by atoms with Crippen molar-refractivity contribution in [1.29, 1.82) is 0 Å². The number of benzene rings is 2. The lowest BCUT2D eigenvalue weighted by Crippen LogP contribution is -2.23. The van der Waals surface area contributed by atoms with Crippen LogP contribution in [0.4, 0.5) is 4.39 Å². The van der Waals surface area contributed by atoms with Gasteiger partial charge in [0.05, 0.1) is 17.6 Å². The molecule has 0 aliphatic rings. The van der Waals surface area contributed by atoms with Crippen molar-refractivity contribution in [2.45, 2.75) is 13.0 Å². The van der Waals surface area contributed by atoms with E-state index in [1.165, 1.54) is 6.07 Å². The zero-order chi connectivity index (χ0) is 15.4. The summed E-state index contributed by atoms with van der Waals surface area (Å²) in [6, 6.07) is 10.9. The van der Waals surface area contributed by atoms with E-state index in [-0.39, 0.29) is 11.9 Å². The van der Waals surface area contributed by atoms with Crippen molar-refractivity contribution in [2.75, 3.05) is 13.7 Å². The molecular formula is C16H16BrFINO. The Morgan fingerprint density at radius 1 is 1.29 bits per heavy atom. The highest BCUT2D eigenvalue weighted by Gasteiger charge is 2.17. The molecule has 5 heteroatoms. The Kier molecular flexibility index (Phi) is 6.01. The van der Waals surface area contributed by atoms with Gasteiger partial charge in [-0.2, -0.15) is 0 Å². The number of halogens is 3. The number of rotatable bonds is 5. The molecule has 0 aliphatic carbocycles. The summed E-state index contributed by atoms with van der Waals surface area (Å²) in [5.41, 5.74) is 2.17. The van der Waals surface area contributed by atoms with Crippen molar-refractivity contribution in [3.8, 4) is 5.75 Å². The molecule has 0 radical (unpaired) electrons. The van der Waals surface area contributed by atoms with E-state index in [1.54, 1.807) is 13.2 Å². The topological polar surface area (TPSA) is 21.3 Å². The second-order valence-electron chi connectivity index (χ2n) is 4.55. The summed E-state index contributed by atoms with van der Waals surface area (Å²) in [6.45, 7) is 2.88. The number of methoxy groups -OCH3 is 1. The summed E-state index contributed by atoms with van der Waals surface area (Å²) < 4.78 is 20.4. The van der Waals surface area contributed by atoms with Gasteiger partial charge < -0.3 is 10.1 Å². The standard InChI is InChI=1S/C16H16BrFINO/c1-3-20-16(12-6-5-11(18)9-14(12)19)10-4-7-15(21-2)13(17)8-10/h4-9,16,20H,3H2,1-2H3. The summed E-state index contributed by atoms with van der Waals surface area (Å²) in [4.78, 5) is 0. The van der Waals surface area contributed by atoms with Gasteiger partial charge in [-0.15, -0.1) is 0 Å². The van der Waals surface area contributed by atoms with Gasteiger partial charge in [-0.1, -0.05) is 19.1 Å². The summed E-state index contributed by atoms with van der Waals surface area (Å²) in [6.07, 6.45) is 0. The quantitative estimate of drug-likeness (QED) is 0.636. The van der Waals surface area contributed by atoms with Crippen molar-refractivity contribution in [3.63, 3.8) is 0 Å². The van der Waals surface area contributed by atoms with Crippen molar-refractivity contribution in [2.24, 2.45) is 0 Å². The third-order valence-corrected chi connectivity index (χ3v) is 4.74. The van der Waals surface area contributed by atoms with Gasteiger partial charge in [0.2, 0.25) is 0 Å². The second-order valence-corrected chi connectivity index (χ2v) is 6.57. The molecular weight excluding hydrogens is 448 g/mol. The Labute approximate surface area is 146 Å². The Hall–Kier alpha value is -0.660. The highest BCUT2D eigenvalue weighted by molar-refractivity contribution is 14.1. The predicted octanol–water partition coefficient (Wildman–Crippen LogP) is 4.90. The maximum atomic E-state index is 13.3. The molecule has 1 unspecified atom stereocenters. The van der Waals surface area contributed by atoms with E-state index in [0.717, 1.165) is 31.5 Å². The zero-order valence-electron chi connectivity index (χ0n) is 11.8. The third-order valence-electron chi connectivity index (χ3n) is 3.19. The van der Waals surface area contributed by atoms with Crippen LogP contribution < -0.4 is 10.1 Å². The van der Waals surface area contributed by atoms with Crippen LogP contribution in [-0.4, -0.2) is 13.7 Å². The molecule has 2 aromatic rings. The van der Waals surface area contributed by atoms with Crippen molar-refractivity contribution >= 4 is 38.5 Å². The summed E-state index contributed by atoms with van der Waals surface area (Å²) in [7, 11) is 1.64. The minimum Gasteiger partial charge on any atom is -0.496 e. The average molecular weight is 464 g/mol. The van der Waals surface area contributed by atoms with Gasteiger partial charge in [0.25, 0.3) is 0 Å². The van der Waals surface area contributed by atoms with Crippen molar-refractivity contribution in [1.82, 2.24) is 5.32 Å². The van der Waals surface area contributed by atoms with Gasteiger partial charge in [0.1, 0.15) is 11.6 Å². The Morgan fingerprint density at radius 3 is 2.62 bits per heavy atom. The van der Waals surface area contributed by atoms with Gasteiger partial charge in [0.15, 0.2) is 0 Å². The van der Waals surface area contributed by atoms with Gasteiger partial charge in [-0.05, 0) is 80.5 Å². The molecule has 1 N–H and O–H groups in total. The second kappa shape index (κ2) is 7.56. The molecule has 0 amide bonds. The van der Waals surface area contributed by atoms with Crippen molar-refractivity contribution in [3.05, 3.63) is 61.4 Å². The number of hydrogen-bond donors (Lipinski definition) is 1. The van der Waals surface area contributed by atoms with Gasteiger partial charge in [0, 0.05) is 3.57 Å². The molecule has 1 atom stereocenters. The van der Waals surface area contributed by atoms with Crippen LogP contribution in [0.3, 0.4) is 0 Å². The maximum Gasteiger partial charge on any atom is 0.133 e. The van der Waals surface area contributed by atoms with Crippen LogP contribution in [0.5, 0.6) is 5.75 Å². The molecule has 0 heterocycles. The highest BCUT2D eigenvalue weighted by atomic mass is 127. The Bertz CT molecular complexity index is 636. The molecule has 0 aromatic heterocycles. The van der Waals surface area contributed by atoms with E-state index in [1.807, 2.05) is 24.3 Å². The first-order chi connectivity index (χ1) is 10.1. The number of nitrogens with one attached hydrogen (secondary N) is 1. The van der Waals surface area contributed by atoms with E-state index < -0.39 is 0 Å². The van der Waals surface area contributed by atoms with E-state index in [9.17, 15) is 4.39 Å². The molecule has 112 valence electrons. The average Bonchev–Trinajstić information content (AvgIpc) is 2.45. The Morgan fingerprint density at radius 2 is 2.05 bits per heavy atom. The molecule has 0 saturated carbocycles. The van der Waals surface area contributed by atoms with Crippen LogP contribution in [0, 0.1) is 9.39 Å². The molecule has 0 aliphatic heterocycles. The Balaban J connectivity index is 2.45. The fourth-order valence-electron chi connectivity index (χ4n) is 2.21.